The molecule has 3 rings (SSSR count). The number of alkyl halides is 3. The molecule has 2 aliphatic rings. The third kappa shape index (κ3) is 5.98. The first-order chi connectivity index (χ1) is 12.0. The van der Waals surface area contributed by atoms with Crippen molar-refractivity contribution >= 4 is 0 Å². The van der Waals surface area contributed by atoms with Crippen LogP contribution < -0.4 is 0 Å². The number of nitrogens with zero attached hydrogens (tertiary/aromatic N) is 2. The van der Waals surface area contributed by atoms with Crippen molar-refractivity contribution in [3.05, 3.63) is 29.1 Å². The van der Waals surface area contributed by atoms with Crippen LogP contribution in [-0.2, 0) is 19.3 Å². The van der Waals surface area contributed by atoms with E-state index in [0.717, 1.165) is 44.1 Å². The SMILES string of the molecule is FC(F)(F)CCc1ccc2c(n1)CCN(CCC1CCCCC1)CC2. The fourth-order valence-corrected chi connectivity index (χ4v) is 4.15. The first-order valence-electron chi connectivity index (χ1n) is 9.76. The van der Waals surface area contributed by atoms with Crippen molar-refractivity contribution in [3.8, 4) is 0 Å². The number of hydrogen-bond acceptors (Lipinski definition) is 2. The van der Waals surface area contributed by atoms with Gasteiger partial charge in [0, 0.05) is 37.3 Å². The Balaban J connectivity index is 1.50. The van der Waals surface area contributed by atoms with E-state index < -0.39 is 12.6 Å². The number of hydrogen-bond donors (Lipinski definition) is 0. The molecule has 1 fully saturated rings. The van der Waals surface area contributed by atoms with E-state index in [2.05, 4.69) is 9.88 Å². The summed E-state index contributed by atoms with van der Waals surface area (Å²) < 4.78 is 37.2. The molecule has 0 atom stereocenters. The molecule has 1 aromatic rings. The summed E-state index contributed by atoms with van der Waals surface area (Å²) in [5.74, 6) is 0.895. The van der Waals surface area contributed by atoms with Gasteiger partial charge in [-0.15, -0.1) is 0 Å². The van der Waals surface area contributed by atoms with Crippen molar-refractivity contribution < 1.29 is 13.2 Å². The normalized spacial score (nSPS) is 20.3. The lowest BCUT2D eigenvalue weighted by Crippen LogP contribution is -2.29. The van der Waals surface area contributed by atoms with E-state index in [1.807, 2.05) is 6.07 Å². The molecule has 1 aromatic heterocycles. The molecule has 0 spiro atoms. The van der Waals surface area contributed by atoms with Crippen LogP contribution in [-0.4, -0.2) is 35.7 Å². The number of pyridine rings is 1. The lowest BCUT2D eigenvalue weighted by Gasteiger charge is -2.26. The van der Waals surface area contributed by atoms with Crippen molar-refractivity contribution in [3.63, 3.8) is 0 Å². The highest BCUT2D eigenvalue weighted by Crippen LogP contribution is 2.27. The van der Waals surface area contributed by atoms with Gasteiger partial charge in [-0.2, -0.15) is 13.2 Å². The second-order valence-corrected chi connectivity index (χ2v) is 7.66. The summed E-state index contributed by atoms with van der Waals surface area (Å²) >= 11 is 0. The van der Waals surface area contributed by atoms with Crippen LogP contribution in [0.4, 0.5) is 13.2 Å². The fourth-order valence-electron chi connectivity index (χ4n) is 4.15. The summed E-state index contributed by atoms with van der Waals surface area (Å²) in [4.78, 5) is 7.05. The van der Waals surface area contributed by atoms with Gasteiger partial charge >= 0.3 is 6.18 Å². The maximum Gasteiger partial charge on any atom is 0.389 e. The lowest BCUT2D eigenvalue weighted by molar-refractivity contribution is -0.134. The van der Waals surface area contributed by atoms with Crippen molar-refractivity contribution in [2.24, 2.45) is 5.92 Å². The van der Waals surface area contributed by atoms with Gasteiger partial charge in [-0.05, 0) is 43.4 Å². The van der Waals surface area contributed by atoms with Gasteiger partial charge in [0.05, 0.1) is 0 Å². The number of aromatic nitrogens is 1. The average molecular weight is 354 g/mol. The van der Waals surface area contributed by atoms with Gasteiger partial charge in [-0.25, -0.2) is 0 Å². The number of halogens is 3. The third-order valence-corrected chi connectivity index (χ3v) is 5.73. The molecule has 0 saturated heterocycles. The van der Waals surface area contributed by atoms with Gasteiger partial charge in [0.2, 0.25) is 0 Å². The minimum atomic E-state index is -4.11. The molecule has 0 N–H and O–H groups in total. The highest BCUT2D eigenvalue weighted by Gasteiger charge is 2.27. The molecule has 2 nitrogen and oxygen atoms in total. The van der Waals surface area contributed by atoms with Crippen molar-refractivity contribution in [1.82, 2.24) is 9.88 Å². The molecule has 0 amide bonds. The average Bonchev–Trinajstić information content (AvgIpc) is 2.80. The molecule has 0 radical (unpaired) electrons. The minimum Gasteiger partial charge on any atom is -0.303 e. The molecule has 140 valence electrons. The van der Waals surface area contributed by atoms with Crippen LogP contribution in [0.5, 0.6) is 0 Å². The van der Waals surface area contributed by atoms with Gasteiger partial charge in [-0.3, -0.25) is 4.98 Å². The monoisotopic (exact) mass is 354 g/mol. The Morgan fingerprint density at radius 3 is 2.56 bits per heavy atom. The Morgan fingerprint density at radius 1 is 1.04 bits per heavy atom. The summed E-state index contributed by atoms with van der Waals surface area (Å²) in [6, 6.07) is 3.78. The number of rotatable bonds is 5. The molecule has 0 bridgehead atoms. The first-order valence-corrected chi connectivity index (χ1v) is 9.76. The van der Waals surface area contributed by atoms with Gasteiger partial charge in [-0.1, -0.05) is 38.2 Å². The topological polar surface area (TPSA) is 16.1 Å². The van der Waals surface area contributed by atoms with E-state index in [1.165, 1.54) is 44.1 Å². The zero-order chi connectivity index (χ0) is 17.7. The second kappa shape index (κ2) is 8.52. The highest BCUT2D eigenvalue weighted by molar-refractivity contribution is 5.25. The van der Waals surface area contributed by atoms with Gasteiger partial charge in [0.25, 0.3) is 0 Å². The van der Waals surface area contributed by atoms with Crippen LogP contribution in [0.15, 0.2) is 12.1 Å². The van der Waals surface area contributed by atoms with Crippen molar-refractivity contribution in [2.75, 3.05) is 19.6 Å². The molecule has 0 unspecified atom stereocenters. The molecule has 1 aliphatic carbocycles. The third-order valence-electron chi connectivity index (χ3n) is 5.73. The Hall–Kier alpha value is -1.10. The van der Waals surface area contributed by atoms with Crippen LogP contribution in [0.1, 0.15) is 61.9 Å². The Labute approximate surface area is 148 Å². The predicted molar refractivity (Wildman–Crippen MR) is 93.7 cm³/mol. The number of fused-ring (bicyclic) bond motifs is 1. The van der Waals surface area contributed by atoms with E-state index in [0.29, 0.717) is 5.69 Å². The summed E-state index contributed by atoms with van der Waals surface area (Å²) in [7, 11) is 0. The van der Waals surface area contributed by atoms with Gasteiger partial charge in [0.1, 0.15) is 0 Å². The van der Waals surface area contributed by atoms with Gasteiger partial charge < -0.3 is 4.90 Å². The smallest absolute Gasteiger partial charge is 0.303 e. The zero-order valence-corrected chi connectivity index (χ0v) is 15.0. The second-order valence-electron chi connectivity index (χ2n) is 7.66. The summed E-state index contributed by atoms with van der Waals surface area (Å²) in [5.41, 5.74) is 2.81. The highest BCUT2D eigenvalue weighted by atomic mass is 19.4. The quantitative estimate of drug-likeness (QED) is 0.744. The molecular weight excluding hydrogens is 325 g/mol. The fraction of sp³-hybridized carbons (Fsp3) is 0.750. The predicted octanol–water partition coefficient (Wildman–Crippen LogP) is 4.95. The van der Waals surface area contributed by atoms with Crippen LogP contribution in [0.3, 0.4) is 0 Å². The van der Waals surface area contributed by atoms with E-state index in [4.69, 9.17) is 0 Å². The molecular formula is C20H29F3N2. The van der Waals surface area contributed by atoms with Crippen LogP contribution in [0.25, 0.3) is 0 Å². The molecule has 1 saturated carbocycles. The summed E-state index contributed by atoms with van der Waals surface area (Å²) in [5, 5.41) is 0. The van der Waals surface area contributed by atoms with Crippen LogP contribution in [0, 0.1) is 5.92 Å². The number of aryl methyl sites for hydroxylation is 1. The minimum absolute atomic E-state index is 0.0117. The standard InChI is InChI=1S/C20H29F3N2/c21-20(22,23)12-8-18-7-6-17-10-14-25(15-11-19(17)24-18)13-9-16-4-2-1-3-5-16/h6-7,16H,1-5,8-15H2. The molecule has 25 heavy (non-hydrogen) atoms. The Kier molecular flexibility index (Phi) is 6.37. The van der Waals surface area contributed by atoms with Crippen LogP contribution >= 0.6 is 0 Å². The van der Waals surface area contributed by atoms with Crippen molar-refractivity contribution in [1.29, 1.82) is 0 Å². The lowest BCUT2D eigenvalue weighted by atomic mass is 9.87. The van der Waals surface area contributed by atoms with Crippen molar-refractivity contribution in [2.45, 2.75) is 70.4 Å². The molecule has 2 heterocycles. The summed E-state index contributed by atoms with van der Waals surface area (Å²) in [6.45, 7) is 3.18. The zero-order valence-electron chi connectivity index (χ0n) is 15.0. The largest absolute Gasteiger partial charge is 0.389 e. The first kappa shape index (κ1) is 18.7. The summed E-state index contributed by atoms with van der Waals surface area (Å²) in [6.07, 6.45) is 5.17. The van der Waals surface area contributed by atoms with E-state index in [-0.39, 0.29) is 6.42 Å². The van der Waals surface area contributed by atoms with E-state index >= 15 is 0 Å². The molecule has 0 aromatic carbocycles. The van der Waals surface area contributed by atoms with Crippen LogP contribution in [0.2, 0.25) is 0 Å². The maximum atomic E-state index is 12.4. The Bertz CT molecular complexity index is 550. The Morgan fingerprint density at radius 2 is 1.80 bits per heavy atom. The van der Waals surface area contributed by atoms with E-state index in [9.17, 15) is 13.2 Å². The molecule has 1 aliphatic heterocycles. The van der Waals surface area contributed by atoms with Gasteiger partial charge in [0.15, 0.2) is 0 Å². The molecule has 5 heteroatoms. The van der Waals surface area contributed by atoms with E-state index in [1.54, 1.807) is 6.07 Å². The maximum absolute atomic E-state index is 12.4.